The van der Waals surface area contributed by atoms with Gasteiger partial charge >= 0.3 is 5.97 Å². The molecule has 0 fully saturated rings. The van der Waals surface area contributed by atoms with Crippen LogP contribution in [0.5, 0.6) is 0 Å². The molecule has 0 aromatic heterocycles. The quantitative estimate of drug-likeness (QED) is 0.463. The van der Waals surface area contributed by atoms with Crippen molar-refractivity contribution in [2.24, 2.45) is 5.92 Å². The predicted octanol–water partition coefficient (Wildman–Crippen LogP) is 2.53. The number of ether oxygens (including phenoxy) is 1. The average Bonchev–Trinajstić information content (AvgIpc) is 2.98. The SMILES string of the molecule is C[C@H](OC(=O)C[C@H]1C=CCC1)C(=O)c1ccc(NS(C)(=O)=O)cc1. The van der Waals surface area contributed by atoms with Crippen molar-refractivity contribution in [3.05, 3.63) is 42.0 Å². The molecule has 0 saturated heterocycles. The molecule has 0 unspecified atom stereocenters. The summed E-state index contributed by atoms with van der Waals surface area (Å²) in [5.41, 5.74) is 0.724. The Balaban J connectivity index is 1.92. The van der Waals surface area contributed by atoms with Gasteiger partial charge < -0.3 is 4.74 Å². The molecule has 1 aliphatic rings. The molecular weight excluding hydrogens is 330 g/mol. The molecule has 0 bridgehead atoms. The number of anilines is 1. The third kappa shape index (κ3) is 5.49. The van der Waals surface area contributed by atoms with E-state index in [2.05, 4.69) is 4.72 Å². The van der Waals surface area contributed by atoms with Crippen LogP contribution in [0.4, 0.5) is 5.69 Å². The van der Waals surface area contributed by atoms with E-state index in [1.54, 1.807) is 0 Å². The van der Waals surface area contributed by atoms with Gasteiger partial charge in [-0.1, -0.05) is 12.2 Å². The molecule has 2 atom stereocenters. The molecule has 0 aliphatic heterocycles. The fourth-order valence-electron chi connectivity index (χ4n) is 2.53. The zero-order chi connectivity index (χ0) is 17.7. The second kappa shape index (κ2) is 7.61. The molecule has 6 nitrogen and oxygen atoms in total. The molecule has 24 heavy (non-hydrogen) atoms. The van der Waals surface area contributed by atoms with Gasteiger partial charge in [-0.2, -0.15) is 0 Å². The average molecular weight is 351 g/mol. The lowest BCUT2D eigenvalue weighted by atomic mass is 10.0. The summed E-state index contributed by atoms with van der Waals surface area (Å²) >= 11 is 0. The van der Waals surface area contributed by atoms with E-state index in [0.717, 1.165) is 19.1 Å². The standard InChI is InChI=1S/C17H21NO5S/c1-12(23-16(19)11-13-5-3-4-6-13)17(20)14-7-9-15(10-8-14)18-24(2,21)22/h3,5,7-10,12-13,18H,4,6,11H2,1-2H3/t12-,13-/m0/s1. The van der Waals surface area contributed by atoms with Crippen LogP contribution in [0, 0.1) is 5.92 Å². The van der Waals surface area contributed by atoms with Crippen LogP contribution in [0.2, 0.25) is 0 Å². The summed E-state index contributed by atoms with van der Waals surface area (Å²) in [6, 6.07) is 5.98. The van der Waals surface area contributed by atoms with E-state index in [1.807, 2.05) is 12.2 Å². The van der Waals surface area contributed by atoms with Crippen molar-refractivity contribution >= 4 is 27.5 Å². The van der Waals surface area contributed by atoms with Crippen LogP contribution in [-0.4, -0.2) is 32.5 Å². The number of carbonyl (C=O) groups is 2. The van der Waals surface area contributed by atoms with E-state index in [0.29, 0.717) is 11.3 Å². The first kappa shape index (κ1) is 18.2. The minimum Gasteiger partial charge on any atom is -0.454 e. The van der Waals surface area contributed by atoms with Crippen molar-refractivity contribution in [1.29, 1.82) is 0 Å². The Bertz CT molecular complexity index is 737. The van der Waals surface area contributed by atoms with Crippen molar-refractivity contribution in [3.63, 3.8) is 0 Å². The first-order valence-electron chi connectivity index (χ1n) is 7.73. The second-order valence-corrected chi connectivity index (χ2v) is 7.67. The van der Waals surface area contributed by atoms with Gasteiger partial charge in [0, 0.05) is 11.3 Å². The van der Waals surface area contributed by atoms with Crippen LogP contribution < -0.4 is 4.72 Å². The van der Waals surface area contributed by atoms with Crippen LogP contribution in [0.25, 0.3) is 0 Å². The maximum atomic E-state index is 12.3. The van der Waals surface area contributed by atoms with Crippen molar-refractivity contribution in [3.8, 4) is 0 Å². The molecule has 130 valence electrons. The van der Waals surface area contributed by atoms with Gasteiger partial charge in [-0.05, 0) is 49.9 Å². The molecule has 0 spiro atoms. The monoisotopic (exact) mass is 351 g/mol. The zero-order valence-electron chi connectivity index (χ0n) is 13.7. The summed E-state index contributed by atoms with van der Waals surface area (Å²) < 4.78 is 29.8. The maximum Gasteiger partial charge on any atom is 0.307 e. The maximum absolute atomic E-state index is 12.3. The fourth-order valence-corrected chi connectivity index (χ4v) is 3.09. The van der Waals surface area contributed by atoms with E-state index in [-0.39, 0.29) is 24.1 Å². The van der Waals surface area contributed by atoms with Crippen LogP contribution in [-0.2, 0) is 19.6 Å². The number of carbonyl (C=O) groups excluding carboxylic acids is 2. The summed E-state index contributed by atoms with van der Waals surface area (Å²) in [4.78, 5) is 24.2. The minimum absolute atomic E-state index is 0.196. The van der Waals surface area contributed by atoms with Gasteiger partial charge in [-0.3, -0.25) is 14.3 Å². The van der Waals surface area contributed by atoms with E-state index in [4.69, 9.17) is 4.74 Å². The van der Waals surface area contributed by atoms with Gasteiger partial charge in [0.1, 0.15) is 0 Å². The third-order valence-electron chi connectivity index (χ3n) is 3.69. The molecule has 1 aromatic rings. The normalized spacial score (nSPS) is 18.2. The van der Waals surface area contributed by atoms with Gasteiger partial charge in [-0.25, -0.2) is 8.42 Å². The number of benzene rings is 1. The Morgan fingerprint density at radius 1 is 1.29 bits per heavy atom. The lowest BCUT2D eigenvalue weighted by molar-refractivity contribution is -0.147. The molecule has 2 rings (SSSR count). The number of Topliss-reactive ketones (excluding diaryl/α,β-unsaturated/α-hetero) is 1. The number of hydrogen-bond donors (Lipinski definition) is 1. The van der Waals surface area contributed by atoms with Crippen molar-refractivity contribution in [2.75, 3.05) is 11.0 Å². The molecule has 1 aromatic carbocycles. The molecule has 0 radical (unpaired) electrons. The number of allylic oxidation sites excluding steroid dienone is 2. The van der Waals surface area contributed by atoms with Crippen molar-refractivity contribution in [2.45, 2.75) is 32.3 Å². The van der Waals surface area contributed by atoms with E-state index in [1.165, 1.54) is 31.2 Å². The number of nitrogens with one attached hydrogen (secondary N) is 1. The summed E-state index contributed by atoms with van der Waals surface area (Å²) in [6.45, 7) is 1.54. The summed E-state index contributed by atoms with van der Waals surface area (Å²) in [5, 5.41) is 0. The Labute approximate surface area is 141 Å². The Morgan fingerprint density at radius 2 is 1.96 bits per heavy atom. The van der Waals surface area contributed by atoms with Crippen LogP contribution >= 0.6 is 0 Å². The first-order chi connectivity index (χ1) is 11.2. The van der Waals surface area contributed by atoms with Crippen molar-refractivity contribution in [1.82, 2.24) is 0 Å². The largest absolute Gasteiger partial charge is 0.454 e. The number of esters is 1. The van der Waals surface area contributed by atoms with E-state index >= 15 is 0 Å². The number of rotatable bonds is 7. The van der Waals surface area contributed by atoms with Gasteiger partial charge in [0.25, 0.3) is 0 Å². The predicted molar refractivity (Wildman–Crippen MR) is 91.3 cm³/mol. The number of sulfonamides is 1. The topological polar surface area (TPSA) is 89.5 Å². The van der Waals surface area contributed by atoms with Gasteiger partial charge in [0.2, 0.25) is 15.8 Å². The van der Waals surface area contributed by atoms with Gasteiger partial charge in [0.15, 0.2) is 6.10 Å². The lowest BCUT2D eigenvalue weighted by Crippen LogP contribution is -2.25. The molecule has 0 saturated carbocycles. The molecule has 7 heteroatoms. The van der Waals surface area contributed by atoms with Gasteiger partial charge in [0.05, 0.1) is 12.7 Å². The third-order valence-corrected chi connectivity index (χ3v) is 4.30. The van der Waals surface area contributed by atoms with Crippen LogP contribution in [0.1, 0.15) is 36.5 Å². The summed E-state index contributed by atoms with van der Waals surface area (Å²) in [5.74, 6) is -0.514. The fraction of sp³-hybridized carbons (Fsp3) is 0.412. The highest BCUT2D eigenvalue weighted by atomic mass is 32.2. The Morgan fingerprint density at radius 3 is 2.50 bits per heavy atom. The smallest absolute Gasteiger partial charge is 0.307 e. The summed E-state index contributed by atoms with van der Waals surface area (Å²) in [6.07, 6.45) is 6.40. The first-order valence-corrected chi connectivity index (χ1v) is 9.62. The highest BCUT2D eigenvalue weighted by Gasteiger charge is 2.22. The van der Waals surface area contributed by atoms with Crippen molar-refractivity contribution < 1.29 is 22.7 Å². The van der Waals surface area contributed by atoms with Crippen LogP contribution in [0.3, 0.4) is 0 Å². The lowest BCUT2D eigenvalue weighted by Gasteiger charge is -2.14. The zero-order valence-corrected chi connectivity index (χ0v) is 14.5. The Hall–Kier alpha value is -2.15. The highest BCUT2D eigenvalue weighted by molar-refractivity contribution is 7.92. The minimum atomic E-state index is -3.36. The summed E-state index contributed by atoms with van der Waals surface area (Å²) in [7, 11) is -3.36. The van der Waals surface area contributed by atoms with Gasteiger partial charge in [-0.15, -0.1) is 0 Å². The highest BCUT2D eigenvalue weighted by Crippen LogP contribution is 2.21. The molecular formula is C17H21NO5S. The molecule has 1 N–H and O–H groups in total. The molecule has 1 aliphatic carbocycles. The number of hydrogen-bond acceptors (Lipinski definition) is 5. The number of ketones is 1. The second-order valence-electron chi connectivity index (χ2n) is 5.92. The Kier molecular flexibility index (Phi) is 5.77. The van der Waals surface area contributed by atoms with Crippen LogP contribution in [0.15, 0.2) is 36.4 Å². The van der Waals surface area contributed by atoms with E-state index in [9.17, 15) is 18.0 Å². The molecule has 0 amide bonds. The molecule has 0 heterocycles. The van der Waals surface area contributed by atoms with E-state index < -0.39 is 16.1 Å².